The van der Waals surface area contributed by atoms with Gasteiger partial charge in [-0.1, -0.05) is 156 Å². The number of hydrogen-bond acceptors (Lipinski definition) is 3. The maximum Gasteiger partial charge on any atom is 0.252 e. The van der Waals surface area contributed by atoms with Gasteiger partial charge in [0, 0.05) is 65.1 Å². The van der Waals surface area contributed by atoms with Crippen molar-refractivity contribution in [1.29, 1.82) is 0 Å². The molecular weight excluding hydrogens is 888 g/mol. The summed E-state index contributed by atoms with van der Waals surface area (Å²) in [5, 5.41) is 2.74. The Hall–Kier alpha value is -5.58. The third-order valence-corrected chi connectivity index (χ3v) is 20.3. The Bertz CT molecular complexity index is 3600. The van der Waals surface area contributed by atoms with Crippen molar-refractivity contribution in [1.82, 2.24) is 0 Å². The Morgan fingerprint density at radius 1 is 0.486 bits per heavy atom. The molecule has 3 aliphatic carbocycles. The van der Waals surface area contributed by atoms with Crippen molar-refractivity contribution >= 4 is 88.7 Å². The molecule has 364 valence electrons. The van der Waals surface area contributed by atoms with Gasteiger partial charge in [0.15, 0.2) is 0 Å². The van der Waals surface area contributed by atoms with E-state index < -0.39 is 0 Å². The summed E-state index contributed by atoms with van der Waals surface area (Å²) in [6, 6.07) is 47.1. The molecule has 0 radical (unpaired) electrons. The fourth-order valence-corrected chi connectivity index (χ4v) is 15.8. The van der Waals surface area contributed by atoms with Crippen LogP contribution in [0.2, 0.25) is 0 Å². The normalized spacial score (nSPS) is 19.1. The van der Waals surface area contributed by atoms with Gasteiger partial charge in [0.05, 0.1) is 0 Å². The lowest BCUT2D eigenvalue weighted by Crippen LogP contribution is -2.62. The quantitative estimate of drug-likeness (QED) is 0.163. The van der Waals surface area contributed by atoms with E-state index in [4.69, 9.17) is 0 Å². The molecule has 0 spiro atoms. The Kier molecular flexibility index (Phi) is 9.94. The molecule has 0 saturated heterocycles. The lowest BCUT2D eigenvalue weighted by molar-refractivity contribution is 0.332. The summed E-state index contributed by atoms with van der Waals surface area (Å²) in [4.78, 5) is 5.53. The summed E-state index contributed by atoms with van der Waals surface area (Å²) in [5.41, 5.74) is 26.5. The highest BCUT2D eigenvalue weighted by atomic mass is 32.1. The van der Waals surface area contributed by atoms with Crippen LogP contribution in [-0.2, 0) is 27.1 Å². The van der Waals surface area contributed by atoms with Crippen LogP contribution in [0.5, 0.6) is 0 Å². The van der Waals surface area contributed by atoms with Crippen molar-refractivity contribution in [2.75, 3.05) is 9.80 Å². The van der Waals surface area contributed by atoms with Crippen LogP contribution in [0, 0.1) is 13.8 Å². The second-order valence-electron chi connectivity index (χ2n) is 26.4. The standard InChI is InChI=1S/C68H73BN2S/c1-40-21-17-20-26-55(40)70-57-35-46-45-34-44(64(3,4)5)27-28-61(45)72-62(46)39-54(57)69-53-36-51-52(68(12,13)48-25-19-18-24-47(48)67(51,10)11)38-58(53)71(60-33-43(32-59(70)63(60)69)42-22-15-14-16-23-42)56-37-50-49(31-41(56)2)65(6,7)29-30-66(50,8)9/h17-21,24-28,31-39,42H,14-16,22-23,29-30H2,1-13H3. The molecule has 1 aromatic heterocycles. The van der Waals surface area contributed by atoms with Gasteiger partial charge in [-0.15, -0.1) is 11.3 Å². The van der Waals surface area contributed by atoms with E-state index in [1.165, 1.54) is 171 Å². The Balaban J connectivity index is 1.19. The molecule has 13 rings (SSSR count). The molecule has 3 heterocycles. The van der Waals surface area contributed by atoms with Crippen molar-refractivity contribution in [3.05, 3.63) is 171 Å². The van der Waals surface area contributed by atoms with Gasteiger partial charge in [0.2, 0.25) is 0 Å². The summed E-state index contributed by atoms with van der Waals surface area (Å²) in [6.07, 6.45) is 8.80. The minimum Gasteiger partial charge on any atom is -0.311 e. The van der Waals surface area contributed by atoms with Crippen molar-refractivity contribution in [2.45, 2.75) is 168 Å². The van der Waals surface area contributed by atoms with E-state index in [9.17, 15) is 0 Å². The predicted octanol–water partition coefficient (Wildman–Crippen LogP) is 17.4. The van der Waals surface area contributed by atoms with E-state index in [2.05, 4.69) is 215 Å². The zero-order valence-corrected chi connectivity index (χ0v) is 46.2. The first kappa shape index (κ1) is 46.2. The number of thiophene rings is 1. The molecule has 0 N–H and O–H groups in total. The van der Waals surface area contributed by atoms with Gasteiger partial charge >= 0.3 is 0 Å². The highest BCUT2D eigenvalue weighted by Gasteiger charge is 2.49. The first-order valence-corrected chi connectivity index (χ1v) is 28.3. The second kappa shape index (κ2) is 15.5. The van der Waals surface area contributed by atoms with Crippen molar-refractivity contribution < 1.29 is 0 Å². The van der Waals surface area contributed by atoms with E-state index in [0.717, 1.165) is 0 Å². The van der Waals surface area contributed by atoms with E-state index in [0.29, 0.717) is 5.92 Å². The third-order valence-electron chi connectivity index (χ3n) is 19.1. The summed E-state index contributed by atoms with van der Waals surface area (Å²) in [6.45, 7) is 31.7. The summed E-state index contributed by atoms with van der Waals surface area (Å²) in [5.74, 6) is 0.519. The smallest absolute Gasteiger partial charge is 0.252 e. The molecular formula is C68H73BN2S. The number of nitrogens with zero attached hydrogens (tertiary/aromatic N) is 2. The number of rotatable bonds is 3. The molecule has 0 amide bonds. The van der Waals surface area contributed by atoms with Gasteiger partial charge < -0.3 is 9.80 Å². The first-order chi connectivity index (χ1) is 34.1. The molecule has 5 aliphatic rings. The lowest BCUT2D eigenvalue weighted by Gasteiger charge is -2.49. The molecule has 7 aromatic carbocycles. The predicted molar refractivity (Wildman–Crippen MR) is 313 cm³/mol. The number of anilines is 6. The molecule has 0 atom stereocenters. The summed E-state index contributed by atoms with van der Waals surface area (Å²) >= 11 is 1.97. The maximum atomic E-state index is 2.81. The van der Waals surface area contributed by atoms with Crippen molar-refractivity contribution in [3.8, 4) is 0 Å². The first-order valence-electron chi connectivity index (χ1n) is 27.4. The SMILES string of the molecule is Cc1ccccc1N1c2cc3c(cc2B2c4cc5c(cc4N(c4cc6c(cc4C)C(C)(C)CCC6(C)C)c4cc(C6CCCCC6)cc1c42)C(C)(C)c1ccccc1C5(C)C)sc1ccc(C(C)(C)C)cc13. The number of benzene rings is 7. The highest BCUT2D eigenvalue weighted by Crippen LogP contribution is 2.56. The highest BCUT2D eigenvalue weighted by molar-refractivity contribution is 7.26. The zero-order chi connectivity index (χ0) is 50.2. The minimum absolute atomic E-state index is 0.0198. The monoisotopic (exact) mass is 961 g/mol. The molecule has 4 heteroatoms. The van der Waals surface area contributed by atoms with Crippen LogP contribution in [0.15, 0.2) is 115 Å². The van der Waals surface area contributed by atoms with Gasteiger partial charge in [-0.05, 0) is 188 Å². The van der Waals surface area contributed by atoms with Crippen LogP contribution < -0.4 is 26.2 Å². The third kappa shape index (κ3) is 6.58. The maximum absolute atomic E-state index is 2.81. The fourth-order valence-electron chi connectivity index (χ4n) is 14.7. The van der Waals surface area contributed by atoms with E-state index in [-0.39, 0.29) is 33.8 Å². The summed E-state index contributed by atoms with van der Waals surface area (Å²) in [7, 11) is 0. The van der Waals surface area contributed by atoms with Crippen LogP contribution in [-0.4, -0.2) is 6.71 Å². The lowest BCUT2D eigenvalue weighted by atomic mass is 9.33. The van der Waals surface area contributed by atoms with Gasteiger partial charge in [0.25, 0.3) is 6.71 Å². The molecule has 0 bridgehead atoms. The van der Waals surface area contributed by atoms with Gasteiger partial charge in [-0.3, -0.25) is 0 Å². The number of fused-ring (bicyclic) bond motifs is 10. The molecule has 2 aliphatic heterocycles. The minimum atomic E-state index is -0.199. The topological polar surface area (TPSA) is 6.48 Å². The van der Waals surface area contributed by atoms with E-state index in [1.807, 2.05) is 11.3 Å². The molecule has 1 fully saturated rings. The van der Waals surface area contributed by atoms with Crippen LogP contribution >= 0.6 is 11.3 Å². The summed E-state index contributed by atoms with van der Waals surface area (Å²) < 4.78 is 2.73. The Morgan fingerprint density at radius 2 is 1.04 bits per heavy atom. The fraction of sp³-hybridized carbons (Fsp3) is 0.382. The van der Waals surface area contributed by atoms with Crippen LogP contribution in [0.1, 0.15) is 183 Å². The largest absolute Gasteiger partial charge is 0.311 e. The van der Waals surface area contributed by atoms with Crippen molar-refractivity contribution in [3.63, 3.8) is 0 Å². The Morgan fingerprint density at radius 3 is 1.69 bits per heavy atom. The van der Waals surface area contributed by atoms with Crippen LogP contribution in [0.3, 0.4) is 0 Å². The number of aryl methyl sites for hydroxylation is 2. The van der Waals surface area contributed by atoms with E-state index >= 15 is 0 Å². The number of hydrogen-bond donors (Lipinski definition) is 0. The molecule has 72 heavy (non-hydrogen) atoms. The Labute approximate surface area is 435 Å². The molecule has 1 saturated carbocycles. The molecule has 8 aromatic rings. The average molecular weight is 961 g/mol. The van der Waals surface area contributed by atoms with Gasteiger partial charge in [0.1, 0.15) is 0 Å². The number of para-hydroxylation sites is 1. The molecule has 0 unspecified atom stereocenters. The average Bonchev–Trinajstić information content (AvgIpc) is 3.71. The van der Waals surface area contributed by atoms with Gasteiger partial charge in [-0.25, -0.2) is 0 Å². The van der Waals surface area contributed by atoms with E-state index in [1.54, 1.807) is 0 Å². The van der Waals surface area contributed by atoms with Crippen molar-refractivity contribution in [2.24, 2.45) is 0 Å². The van der Waals surface area contributed by atoms with Gasteiger partial charge in [-0.2, -0.15) is 0 Å². The molecule has 2 nitrogen and oxygen atoms in total. The van der Waals surface area contributed by atoms with Crippen LogP contribution in [0.25, 0.3) is 20.2 Å². The second-order valence-corrected chi connectivity index (χ2v) is 27.5. The zero-order valence-electron chi connectivity index (χ0n) is 45.4. The van der Waals surface area contributed by atoms with Crippen LogP contribution in [0.4, 0.5) is 34.1 Å².